The summed E-state index contributed by atoms with van der Waals surface area (Å²) in [5.74, 6) is 0. The zero-order valence-electron chi connectivity index (χ0n) is 12.0. The van der Waals surface area contributed by atoms with Gasteiger partial charge in [0.25, 0.3) is 10.0 Å². The summed E-state index contributed by atoms with van der Waals surface area (Å²) in [5.41, 5.74) is 0.673. The van der Waals surface area contributed by atoms with E-state index in [0.29, 0.717) is 12.1 Å². The Morgan fingerprint density at radius 1 is 1.45 bits per heavy atom. The number of aromatic amines is 1. The molecule has 1 fully saturated rings. The van der Waals surface area contributed by atoms with Gasteiger partial charge in [0.2, 0.25) is 0 Å². The number of hydrogen-bond acceptors (Lipinski definition) is 5. The minimum atomic E-state index is -3.52. The molecule has 7 nitrogen and oxygen atoms in total. The van der Waals surface area contributed by atoms with Crippen LogP contribution in [0.5, 0.6) is 0 Å². The van der Waals surface area contributed by atoms with E-state index in [4.69, 9.17) is 0 Å². The van der Waals surface area contributed by atoms with Crippen LogP contribution in [0.3, 0.4) is 0 Å². The number of likely N-dealkylation sites (tertiary alicyclic amines) is 1. The molecular formula is C12H23N5O2S. The molecule has 0 unspecified atom stereocenters. The van der Waals surface area contributed by atoms with Crippen molar-refractivity contribution in [1.29, 1.82) is 0 Å². The largest absolute Gasteiger partial charge is 0.313 e. The van der Waals surface area contributed by atoms with Gasteiger partial charge in [-0.1, -0.05) is 6.92 Å². The first-order valence-corrected chi connectivity index (χ1v) is 8.45. The van der Waals surface area contributed by atoms with Gasteiger partial charge in [0.15, 0.2) is 5.03 Å². The van der Waals surface area contributed by atoms with Gasteiger partial charge in [-0.25, -0.2) is 13.1 Å². The van der Waals surface area contributed by atoms with Crippen molar-refractivity contribution < 1.29 is 8.42 Å². The van der Waals surface area contributed by atoms with Crippen molar-refractivity contribution >= 4 is 10.0 Å². The number of nitrogens with zero attached hydrogens (tertiary/aromatic N) is 2. The topological polar surface area (TPSA) is 90.1 Å². The first-order valence-electron chi connectivity index (χ1n) is 6.96. The first-order chi connectivity index (χ1) is 9.53. The highest BCUT2D eigenvalue weighted by atomic mass is 32.2. The van der Waals surface area contributed by atoms with E-state index >= 15 is 0 Å². The van der Waals surface area contributed by atoms with Crippen LogP contribution in [0.2, 0.25) is 0 Å². The summed E-state index contributed by atoms with van der Waals surface area (Å²) < 4.78 is 27.6. The maximum Gasteiger partial charge on any atom is 0.258 e. The van der Waals surface area contributed by atoms with Crippen LogP contribution in [-0.4, -0.2) is 56.2 Å². The normalized spacial score (nSPS) is 18.5. The lowest BCUT2D eigenvalue weighted by atomic mass is 10.1. The van der Waals surface area contributed by atoms with Crippen LogP contribution in [-0.2, 0) is 16.6 Å². The molecule has 1 aliphatic rings. The molecule has 0 aromatic carbocycles. The Morgan fingerprint density at radius 3 is 2.80 bits per heavy atom. The highest BCUT2D eigenvalue weighted by Gasteiger charge is 2.26. The van der Waals surface area contributed by atoms with Crippen LogP contribution < -0.4 is 10.0 Å². The third kappa shape index (κ3) is 3.78. The summed E-state index contributed by atoms with van der Waals surface area (Å²) in [7, 11) is -1.47. The molecule has 114 valence electrons. The Labute approximate surface area is 120 Å². The Kier molecular flexibility index (Phi) is 5.14. The second-order valence-corrected chi connectivity index (χ2v) is 6.85. The average Bonchev–Trinajstić information content (AvgIpc) is 2.88. The molecule has 2 heterocycles. The van der Waals surface area contributed by atoms with Crippen molar-refractivity contribution in [1.82, 2.24) is 25.1 Å². The van der Waals surface area contributed by atoms with Crippen LogP contribution in [0.1, 0.15) is 25.3 Å². The Morgan fingerprint density at radius 2 is 2.15 bits per heavy atom. The standard InChI is InChI=1S/C12H23N5O2S/c1-3-13-8-10-9-14-15-12(10)20(18,19)16-11-4-6-17(2)7-5-11/h9,11,13,16H,3-8H2,1-2H3,(H,14,15). The van der Waals surface area contributed by atoms with Crippen molar-refractivity contribution in [2.75, 3.05) is 26.7 Å². The van der Waals surface area contributed by atoms with Gasteiger partial charge in [0.05, 0.1) is 6.20 Å². The minimum Gasteiger partial charge on any atom is -0.313 e. The van der Waals surface area contributed by atoms with Crippen molar-refractivity contribution in [3.8, 4) is 0 Å². The molecule has 0 spiro atoms. The molecule has 0 bridgehead atoms. The summed E-state index contributed by atoms with van der Waals surface area (Å²) >= 11 is 0. The lowest BCUT2D eigenvalue weighted by molar-refractivity contribution is 0.248. The lowest BCUT2D eigenvalue weighted by Crippen LogP contribution is -2.43. The first kappa shape index (κ1) is 15.4. The van der Waals surface area contributed by atoms with E-state index in [2.05, 4.69) is 25.1 Å². The van der Waals surface area contributed by atoms with Crippen LogP contribution in [0, 0.1) is 0 Å². The maximum absolute atomic E-state index is 12.4. The van der Waals surface area contributed by atoms with E-state index < -0.39 is 10.0 Å². The molecule has 2 rings (SSSR count). The number of H-pyrrole nitrogens is 1. The van der Waals surface area contributed by atoms with Crippen molar-refractivity contribution in [2.24, 2.45) is 0 Å². The molecule has 3 N–H and O–H groups in total. The minimum absolute atomic E-state index is 0.00600. The molecule has 0 amide bonds. The summed E-state index contributed by atoms with van der Waals surface area (Å²) in [5, 5.41) is 9.75. The van der Waals surface area contributed by atoms with E-state index in [-0.39, 0.29) is 11.1 Å². The molecule has 1 aliphatic heterocycles. The summed E-state index contributed by atoms with van der Waals surface area (Å²) in [4.78, 5) is 2.21. The summed E-state index contributed by atoms with van der Waals surface area (Å²) in [6.07, 6.45) is 3.24. The molecule has 1 saturated heterocycles. The summed E-state index contributed by atoms with van der Waals surface area (Å²) in [6.45, 7) is 5.09. The van der Waals surface area contributed by atoms with Crippen LogP contribution in [0.25, 0.3) is 0 Å². The van der Waals surface area contributed by atoms with E-state index in [0.717, 1.165) is 32.5 Å². The molecule has 1 aromatic rings. The third-order valence-corrected chi connectivity index (χ3v) is 5.09. The number of aromatic nitrogens is 2. The Hall–Kier alpha value is -0.960. The van der Waals surface area contributed by atoms with Gasteiger partial charge in [0.1, 0.15) is 0 Å². The fourth-order valence-corrected chi connectivity index (χ4v) is 3.76. The fourth-order valence-electron chi connectivity index (χ4n) is 2.32. The van der Waals surface area contributed by atoms with E-state index in [1.165, 1.54) is 0 Å². The van der Waals surface area contributed by atoms with Gasteiger partial charge >= 0.3 is 0 Å². The number of nitrogens with one attached hydrogen (secondary N) is 3. The highest BCUT2D eigenvalue weighted by molar-refractivity contribution is 7.89. The lowest BCUT2D eigenvalue weighted by Gasteiger charge is -2.29. The van der Waals surface area contributed by atoms with E-state index in [9.17, 15) is 8.42 Å². The molecule has 1 aromatic heterocycles. The Balaban J connectivity index is 2.04. The van der Waals surface area contributed by atoms with Gasteiger partial charge in [0, 0.05) is 18.2 Å². The van der Waals surface area contributed by atoms with Crippen molar-refractivity contribution in [3.63, 3.8) is 0 Å². The third-order valence-electron chi connectivity index (χ3n) is 3.55. The van der Waals surface area contributed by atoms with Crippen LogP contribution >= 0.6 is 0 Å². The predicted molar refractivity (Wildman–Crippen MR) is 76.8 cm³/mol. The van der Waals surface area contributed by atoms with E-state index in [1.807, 2.05) is 14.0 Å². The number of hydrogen-bond donors (Lipinski definition) is 3. The quantitative estimate of drug-likeness (QED) is 0.682. The van der Waals surface area contributed by atoms with Gasteiger partial charge in [-0.15, -0.1) is 0 Å². The second kappa shape index (κ2) is 6.66. The van der Waals surface area contributed by atoms with Gasteiger partial charge in [-0.2, -0.15) is 5.10 Å². The van der Waals surface area contributed by atoms with Crippen molar-refractivity contribution in [3.05, 3.63) is 11.8 Å². The number of rotatable bonds is 6. The monoisotopic (exact) mass is 301 g/mol. The van der Waals surface area contributed by atoms with Gasteiger partial charge in [-0.05, 0) is 39.5 Å². The maximum atomic E-state index is 12.4. The van der Waals surface area contributed by atoms with E-state index in [1.54, 1.807) is 6.20 Å². The van der Waals surface area contributed by atoms with Crippen molar-refractivity contribution in [2.45, 2.75) is 37.4 Å². The zero-order chi connectivity index (χ0) is 14.6. The molecule has 8 heteroatoms. The molecule has 20 heavy (non-hydrogen) atoms. The Bertz CT molecular complexity index is 520. The molecular weight excluding hydrogens is 278 g/mol. The average molecular weight is 301 g/mol. The highest BCUT2D eigenvalue weighted by Crippen LogP contribution is 2.15. The van der Waals surface area contributed by atoms with Gasteiger partial charge < -0.3 is 10.2 Å². The second-order valence-electron chi connectivity index (χ2n) is 5.20. The number of sulfonamides is 1. The SMILES string of the molecule is CCNCc1cn[nH]c1S(=O)(=O)NC1CCN(C)CC1. The van der Waals surface area contributed by atoms with Crippen LogP contribution in [0.15, 0.2) is 11.2 Å². The molecule has 0 radical (unpaired) electrons. The molecule has 0 atom stereocenters. The van der Waals surface area contributed by atoms with Crippen LogP contribution in [0.4, 0.5) is 0 Å². The zero-order valence-corrected chi connectivity index (χ0v) is 12.8. The smallest absolute Gasteiger partial charge is 0.258 e. The predicted octanol–water partition coefficient (Wildman–Crippen LogP) is -0.108. The fraction of sp³-hybridized carbons (Fsp3) is 0.750. The van der Waals surface area contributed by atoms with Gasteiger partial charge in [-0.3, -0.25) is 5.10 Å². The molecule has 0 saturated carbocycles. The number of piperidine rings is 1. The summed E-state index contributed by atoms with van der Waals surface area (Å²) in [6, 6.07) is 0.00600. The molecule has 0 aliphatic carbocycles.